The highest BCUT2D eigenvalue weighted by molar-refractivity contribution is 5.85. The molecule has 0 aliphatic carbocycles. The van der Waals surface area contributed by atoms with E-state index in [0.717, 1.165) is 18.5 Å². The molecule has 2 unspecified atom stereocenters. The molecule has 15 heavy (non-hydrogen) atoms. The van der Waals surface area contributed by atoms with Gasteiger partial charge in [0.2, 0.25) is 0 Å². The molecule has 2 atom stereocenters. The third-order valence-corrected chi connectivity index (χ3v) is 3.04. The van der Waals surface area contributed by atoms with E-state index in [1.807, 2.05) is 19.1 Å². The number of phenolic OH excluding ortho intramolecular Hbond substituents is 1. The fraction of sp³-hybridized carbons (Fsp3) is 0.455. The summed E-state index contributed by atoms with van der Waals surface area (Å²) in [5.74, 6) is 0.254. The van der Waals surface area contributed by atoms with E-state index in [9.17, 15) is 5.11 Å². The summed E-state index contributed by atoms with van der Waals surface area (Å²) in [4.78, 5) is 0. The quantitative estimate of drug-likeness (QED) is 0.682. The van der Waals surface area contributed by atoms with Crippen LogP contribution >= 0.6 is 12.4 Å². The number of rotatable bonds is 1. The third kappa shape index (κ3) is 2.09. The van der Waals surface area contributed by atoms with Crippen molar-refractivity contribution in [1.29, 1.82) is 0 Å². The van der Waals surface area contributed by atoms with Crippen LogP contribution in [0.3, 0.4) is 0 Å². The summed E-state index contributed by atoms with van der Waals surface area (Å²) in [6, 6.07) is 6.98. The number of nitrogens with one attached hydrogen (secondary N) is 1. The number of hydrogen-bond acceptors (Lipinski definition) is 3. The van der Waals surface area contributed by atoms with Crippen LogP contribution in [0.1, 0.15) is 18.9 Å². The highest BCUT2D eigenvalue weighted by Gasteiger charge is 2.38. The van der Waals surface area contributed by atoms with E-state index in [0.29, 0.717) is 0 Å². The lowest BCUT2D eigenvalue weighted by molar-refractivity contribution is 0.107. The lowest BCUT2D eigenvalue weighted by atomic mass is 9.88. The summed E-state index contributed by atoms with van der Waals surface area (Å²) >= 11 is 0. The second kappa shape index (κ2) is 4.39. The van der Waals surface area contributed by atoms with Gasteiger partial charge < -0.3 is 15.5 Å². The molecule has 1 aliphatic heterocycles. The van der Waals surface area contributed by atoms with Crippen molar-refractivity contribution in [2.24, 2.45) is 0 Å². The largest absolute Gasteiger partial charge is 0.508 e. The van der Waals surface area contributed by atoms with E-state index < -0.39 is 0 Å². The van der Waals surface area contributed by atoms with Gasteiger partial charge in [-0.1, -0.05) is 12.1 Å². The van der Waals surface area contributed by atoms with Crippen molar-refractivity contribution in [2.45, 2.75) is 25.0 Å². The van der Waals surface area contributed by atoms with Gasteiger partial charge >= 0.3 is 0 Å². The molecular weight excluding hydrogens is 214 g/mol. The predicted molar refractivity (Wildman–Crippen MR) is 61.3 cm³/mol. The molecule has 0 amide bonds. The smallest absolute Gasteiger partial charge is 0.115 e. The molecule has 1 aliphatic rings. The lowest BCUT2D eigenvalue weighted by Crippen LogP contribution is -2.41. The number of halogens is 1. The summed E-state index contributed by atoms with van der Waals surface area (Å²) in [5, 5.41) is 22.3. The molecule has 1 saturated heterocycles. The van der Waals surface area contributed by atoms with Gasteiger partial charge in [-0.3, -0.25) is 0 Å². The normalized spacial score (nSPS) is 29.9. The molecule has 3 nitrogen and oxygen atoms in total. The summed E-state index contributed by atoms with van der Waals surface area (Å²) < 4.78 is 0. The predicted octanol–water partition coefficient (Wildman–Crippen LogP) is 1.38. The minimum atomic E-state index is -0.367. The van der Waals surface area contributed by atoms with Gasteiger partial charge in [0.05, 0.1) is 11.6 Å². The van der Waals surface area contributed by atoms with E-state index in [-0.39, 0.29) is 29.8 Å². The molecule has 1 aromatic rings. The van der Waals surface area contributed by atoms with Crippen molar-refractivity contribution in [1.82, 2.24) is 5.32 Å². The summed E-state index contributed by atoms with van der Waals surface area (Å²) in [7, 11) is 0. The van der Waals surface area contributed by atoms with Gasteiger partial charge in [0.25, 0.3) is 0 Å². The molecule has 84 valence electrons. The Kier molecular flexibility index (Phi) is 3.60. The summed E-state index contributed by atoms with van der Waals surface area (Å²) in [6.07, 6.45) is 0.421. The maximum absolute atomic E-state index is 9.85. The molecule has 2 rings (SSSR count). The summed E-state index contributed by atoms with van der Waals surface area (Å²) in [6.45, 7) is 2.82. The van der Waals surface area contributed by atoms with Gasteiger partial charge in [-0.15, -0.1) is 12.4 Å². The second-order valence-corrected chi connectivity index (χ2v) is 3.98. The van der Waals surface area contributed by atoms with Gasteiger partial charge in [0.15, 0.2) is 0 Å². The minimum absolute atomic E-state index is 0. The number of benzene rings is 1. The molecule has 0 saturated carbocycles. The van der Waals surface area contributed by atoms with Crippen molar-refractivity contribution in [2.75, 3.05) is 6.54 Å². The molecule has 3 N–H and O–H groups in total. The van der Waals surface area contributed by atoms with Crippen LogP contribution < -0.4 is 5.32 Å². The molecule has 4 heteroatoms. The molecular formula is C11H16ClNO2. The first-order chi connectivity index (χ1) is 6.63. The van der Waals surface area contributed by atoms with Crippen molar-refractivity contribution in [3.63, 3.8) is 0 Å². The topological polar surface area (TPSA) is 52.5 Å². The van der Waals surface area contributed by atoms with Gasteiger partial charge in [-0.25, -0.2) is 0 Å². The standard InChI is InChI=1S/C11H15NO2.ClH/c1-11(10(14)6-7-12-11)8-2-4-9(13)5-3-8;/h2-5,10,12-14H,6-7H2,1H3;1H. The molecule has 0 spiro atoms. The molecule has 0 bridgehead atoms. The van der Waals surface area contributed by atoms with Crippen LogP contribution in [-0.2, 0) is 5.54 Å². The van der Waals surface area contributed by atoms with E-state index in [1.54, 1.807) is 12.1 Å². The van der Waals surface area contributed by atoms with Crippen LogP contribution in [0, 0.1) is 0 Å². The highest BCUT2D eigenvalue weighted by Crippen LogP contribution is 2.31. The van der Waals surface area contributed by atoms with E-state index in [1.165, 1.54) is 0 Å². The maximum atomic E-state index is 9.85. The maximum Gasteiger partial charge on any atom is 0.115 e. The first-order valence-electron chi connectivity index (χ1n) is 4.85. The van der Waals surface area contributed by atoms with Gasteiger partial charge in [0.1, 0.15) is 5.75 Å². The second-order valence-electron chi connectivity index (χ2n) is 3.98. The van der Waals surface area contributed by atoms with Crippen molar-refractivity contribution in [3.05, 3.63) is 29.8 Å². The Labute approximate surface area is 95.5 Å². The first kappa shape index (κ1) is 12.3. The zero-order chi connectivity index (χ0) is 10.2. The number of aromatic hydroxyl groups is 1. The number of aliphatic hydroxyl groups excluding tert-OH is 1. The van der Waals surface area contributed by atoms with Crippen LogP contribution in [0.25, 0.3) is 0 Å². The van der Waals surface area contributed by atoms with Crippen LogP contribution in [0.5, 0.6) is 5.75 Å². The Balaban J connectivity index is 0.00000112. The van der Waals surface area contributed by atoms with E-state index in [4.69, 9.17) is 5.11 Å². The zero-order valence-corrected chi connectivity index (χ0v) is 9.42. The number of hydrogen-bond donors (Lipinski definition) is 3. The fourth-order valence-electron chi connectivity index (χ4n) is 1.98. The van der Waals surface area contributed by atoms with Crippen LogP contribution in [0.2, 0.25) is 0 Å². The minimum Gasteiger partial charge on any atom is -0.508 e. The van der Waals surface area contributed by atoms with Crippen molar-refractivity contribution >= 4 is 12.4 Å². The Morgan fingerprint density at radius 1 is 1.33 bits per heavy atom. The number of phenols is 1. The fourth-order valence-corrected chi connectivity index (χ4v) is 1.98. The van der Waals surface area contributed by atoms with Crippen molar-refractivity contribution < 1.29 is 10.2 Å². The van der Waals surface area contributed by atoms with Crippen molar-refractivity contribution in [3.8, 4) is 5.75 Å². The van der Waals surface area contributed by atoms with Gasteiger partial charge in [-0.05, 0) is 37.6 Å². The third-order valence-electron chi connectivity index (χ3n) is 3.04. The monoisotopic (exact) mass is 229 g/mol. The highest BCUT2D eigenvalue weighted by atomic mass is 35.5. The Hall–Kier alpha value is -0.770. The van der Waals surface area contributed by atoms with Gasteiger partial charge in [0, 0.05) is 0 Å². The molecule has 1 aromatic carbocycles. The first-order valence-corrected chi connectivity index (χ1v) is 4.85. The molecule has 0 radical (unpaired) electrons. The Bertz CT molecular complexity index is 328. The molecule has 0 aromatic heterocycles. The molecule has 1 heterocycles. The van der Waals surface area contributed by atoms with Crippen LogP contribution in [0.4, 0.5) is 0 Å². The molecule has 1 fully saturated rings. The average Bonchev–Trinajstić information content (AvgIpc) is 2.49. The zero-order valence-electron chi connectivity index (χ0n) is 8.60. The summed E-state index contributed by atoms with van der Waals surface area (Å²) in [5.41, 5.74) is 0.647. The lowest BCUT2D eigenvalue weighted by Gasteiger charge is -2.29. The van der Waals surface area contributed by atoms with Gasteiger partial charge in [-0.2, -0.15) is 0 Å². The van der Waals surface area contributed by atoms with E-state index in [2.05, 4.69) is 5.32 Å². The Morgan fingerprint density at radius 3 is 2.40 bits per heavy atom. The SMILES string of the molecule is CC1(c2ccc(O)cc2)NCCC1O.Cl. The number of aliphatic hydroxyl groups is 1. The van der Waals surface area contributed by atoms with E-state index >= 15 is 0 Å². The Morgan fingerprint density at radius 2 is 1.93 bits per heavy atom. The van der Waals surface area contributed by atoms with Crippen LogP contribution in [-0.4, -0.2) is 22.9 Å². The average molecular weight is 230 g/mol. The van der Waals surface area contributed by atoms with Crippen LogP contribution in [0.15, 0.2) is 24.3 Å².